The van der Waals surface area contributed by atoms with Crippen molar-refractivity contribution in [1.82, 2.24) is 4.90 Å². The molecular formula is C11H14ClF3N2. The Morgan fingerprint density at radius 1 is 1.29 bits per heavy atom. The van der Waals surface area contributed by atoms with Gasteiger partial charge in [-0.3, -0.25) is 4.90 Å². The topological polar surface area (TPSA) is 15.3 Å². The smallest absolute Gasteiger partial charge is 0.383 e. The van der Waals surface area contributed by atoms with E-state index in [1.165, 1.54) is 11.9 Å². The molecule has 17 heavy (non-hydrogen) atoms. The molecule has 0 amide bonds. The molecule has 6 heteroatoms. The van der Waals surface area contributed by atoms with Gasteiger partial charge in [-0.1, -0.05) is 23.7 Å². The number of halogens is 4. The van der Waals surface area contributed by atoms with Gasteiger partial charge in [-0.15, -0.1) is 0 Å². The van der Waals surface area contributed by atoms with Crippen molar-refractivity contribution in [2.45, 2.75) is 6.18 Å². The predicted molar refractivity (Wildman–Crippen MR) is 63.5 cm³/mol. The van der Waals surface area contributed by atoms with Gasteiger partial charge in [-0.05, 0) is 19.2 Å². The third-order valence-corrected chi connectivity index (χ3v) is 2.46. The van der Waals surface area contributed by atoms with Crippen LogP contribution in [0.15, 0.2) is 24.3 Å². The first kappa shape index (κ1) is 14.1. The molecule has 1 aromatic rings. The molecular weight excluding hydrogens is 253 g/mol. The Morgan fingerprint density at radius 3 is 2.53 bits per heavy atom. The molecule has 0 fully saturated rings. The molecule has 1 aromatic carbocycles. The van der Waals surface area contributed by atoms with E-state index in [9.17, 15) is 13.2 Å². The molecule has 0 atom stereocenters. The van der Waals surface area contributed by atoms with Crippen molar-refractivity contribution < 1.29 is 13.2 Å². The van der Waals surface area contributed by atoms with Crippen molar-refractivity contribution in [3.05, 3.63) is 29.3 Å². The number of nitrogens with one attached hydrogen (secondary N) is 1. The Bertz CT molecular complexity index is 355. The Hall–Kier alpha value is -0.940. The Balaban J connectivity index is 2.31. The summed E-state index contributed by atoms with van der Waals surface area (Å²) in [6.45, 7) is -0.196. The molecule has 0 aliphatic rings. The van der Waals surface area contributed by atoms with Gasteiger partial charge < -0.3 is 5.32 Å². The van der Waals surface area contributed by atoms with Crippen LogP contribution < -0.4 is 5.32 Å². The fourth-order valence-electron chi connectivity index (χ4n) is 1.37. The van der Waals surface area contributed by atoms with E-state index in [1.807, 2.05) is 6.07 Å². The average molecular weight is 267 g/mol. The van der Waals surface area contributed by atoms with Crippen molar-refractivity contribution in [3.63, 3.8) is 0 Å². The number of likely N-dealkylation sites (N-methyl/N-ethyl adjacent to an activating group) is 1. The number of alkyl halides is 3. The highest BCUT2D eigenvalue weighted by molar-refractivity contribution is 6.33. The van der Waals surface area contributed by atoms with E-state index < -0.39 is 12.7 Å². The zero-order chi connectivity index (χ0) is 12.9. The minimum Gasteiger partial charge on any atom is -0.383 e. The van der Waals surface area contributed by atoms with Gasteiger partial charge in [0.1, 0.15) is 0 Å². The maximum absolute atomic E-state index is 12.0. The number of hydrogen-bond donors (Lipinski definition) is 1. The summed E-state index contributed by atoms with van der Waals surface area (Å²) in [6.07, 6.45) is -4.15. The molecule has 0 saturated carbocycles. The molecule has 0 aliphatic carbocycles. The van der Waals surface area contributed by atoms with Crippen LogP contribution in [0.3, 0.4) is 0 Å². The monoisotopic (exact) mass is 266 g/mol. The Morgan fingerprint density at radius 2 is 1.94 bits per heavy atom. The van der Waals surface area contributed by atoms with Crippen molar-refractivity contribution >= 4 is 17.3 Å². The van der Waals surface area contributed by atoms with Crippen LogP contribution in [0, 0.1) is 0 Å². The zero-order valence-corrected chi connectivity index (χ0v) is 10.1. The first-order valence-electron chi connectivity index (χ1n) is 5.12. The van der Waals surface area contributed by atoms with Gasteiger partial charge in [0.15, 0.2) is 0 Å². The van der Waals surface area contributed by atoms with Crippen molar-refractivity contribution in [1.29, 1.82) is 0 Å². The number of hydrogen-bond acceptors (Lipinski definition) is 2. The minimum atomic E-state index is -4.15. The summed E-state index contributed by atoms with van der Waals surface area (Å²) >= 11 is 5.89. The third kappa shape index (κ3) is 5.79. The fourth-order valence-corrected chi connectivity index (χ4v) is 1.57. The second kappa shape index (κ2) is 6.12. The van der Waals surface area contributed by atoms with E-state index in [4.69, 9.17) is 11.6 Å². The molecule has 0 saturated heterocycles. The summed E-state index contributed by atoms with van der Waals surface area (Å²) in [5.41, 5.74) is 0.731. The number of rotatable bonds is 5. The van der Waals surface area contributed by atoms with Gasteiger partial charge in [0.2, 0.25) is 0 Å². The van der Waals surface area contributed by atoms with Crippen LogP contribution in [0.5, 0.6) is 0 Å². The van der Waals surface area contributed by atoms with Crippen molar-refractivity contribution in [2.75, 3.05) is 32.0 Å². The summed E-state index contributed by atoms with van der Waals surface area (Å²) in [5, 5.41) is 3.55. The third-order valence-electron chi connectivity index (χ3n) is 2.13. The quantitative estimate of drug-likeness (QED) is 0.880. The minimum absolute atomic E-state index is 0.296. The molecule has 96 valence electrons. The normalized spacial score (nSPS) is 11.9. The van der Waals surface area contributed by atoms with Crippen LogP contribution >= 0.6 is 11.6 Å². The maximum atomic E-state index is 12.0. The molecule has 0 aromatic heterocycles. The second-order valence-corrected chi connectivity index (χ2v) is 4.17. The van der Waals surface area contributed by atoms with Crippen LogP contribution in [0.1, 0.15) is 0 Å². The number of anilines is 1. The van der Waals surface area contributed by atoms with E-state index in [1.54, 1.807) is 18.2 Å². The Kier molecular flexibility index (Phi) is 5.08. The number of benzene rings is 1. The van der Waals surface area contributed by atoms with Crippen LogP contribution in [0.4, 0.5) is 18.9 Å². The van der Waals surface area contributed by atoms with Crippen molar-refractivity contribution in [2.24, 2.45) is 0 Å². The predicted octanol–water partition coefficient (Wildman–Crippen LogP) is 3.25. The molecule has 0 spiro atoms. The van der Waals surface area contributed by atoms with Crippen LogP contribution in [0.2, 0.25) is 5.02 Å². The van der Waals surface area contributed by atoms with E-state index >= 15 is 0 Å². The molecule has 0 radical (unpaired) electrons. The summed E-state index contributed by atoms with van der Waals surface area (Å²) in [6, 6.07) is 7.12. The van der Waals surface area contributed by atoms with Gasteiger partial charge in [0, 0.05) is 13.1 Å². The first-order valence-corrected chi connectivity index (χ1v) is 5.50. The zero-order valence-electron chi connectivity index (χ0n) is 9.39. The Labute approximate surface area is 103 Å². The van der Waals surface area contributed by atoms with Crippen molar-refractivity contribution in [3.8, 4) is 0 Å². The molecule has 2 nitrogen and oxygen atoms in total. The first-order chi connectivity index (χ1) is 7.88. The highest BCUT2D eigenvalue weighted by Gasteiger charge is 2.28. The number of nitrogens with zero attached hydrogens (tertiary/aromatic N) is 1. The highest BCUT2D eigenvalue weighted by atomic mass is 35.5. The van der Waals surface area contributed by atoms with Gasteiger partial charge >= 0.3 is 6.18 Å². The molecule has 1 rings (SSSR count). The fraction of sp³-hybridized carbons (Fsp3) is 0.455. The summed E-state index contributed by atoms with van der Waals surface area (Å²) in [4.78, 5) is 1.21. The van der Waals surface area contributed by atoms with Gasteiger partial charge in [0.05, 0.1) is 17.3 Å². The molecule has 0 heterocycles. The summed E-state index contributed by atoms with van der Waals surface area (Å²) < 4.78 is 36.1. The second-order valence-electron chi connectivity index (χ2n) is 3.76. The van der Waals surface area contributed by atoms with E-state index in [2.05, 4.69) is 5.32 Å². The van der Waals surface area contributed by atoms with Crippen LogP contribution in [-0.4, -0.2) is 37.8 Å². The van der Waals surface area contributed by atoms with Gasteiger partial charge in [0.25, 0.3) is 0 Å². The lowest BCUT2D eigenvalue weighted by Crippen LogP contribution is -2.34. The van der Waals surface area contributed by atoms with Gasteiger partial charge in [-0.25, -0.2) is 0 Å². The average Bonchev–Trinajstić information content (AvgIpc) is 2.18. The van der Waals surface area contributed by atoms with E-state index in [0.29, 0.717) is 18.1 Å². The molecule has 0 bridgehead atoms. The van der Waals surface area contributed by atoms with E-state index in [0.717, 1.165) is 5.69 Å². The highest BCUT2D eigenvalue weighted by Crippen LogP contribution is 2.20. The summed E-state index contributed by atoms with van der Waals surface area (Å²) in [7, 11) is 1.43. The SMILES string of the molecule is CN(CCNc1ccccc1Cl)CC(F)(F)F. The van der Waals surface area contributed by atoms with Crippen LogP contribution in [-0.2, 0) is 0 Å². The lowest BCUT2D eigenvalue weighted by molar-refractivity contribution is -0.142. The molecule has 0 aliphatic heterocycles. The maximum Gasteiger partial charge on any atom is 0.401 e. The number of para-hydroxylation sites is 1. The largest absolute Gasteiger partial charge is 0.401 e. The van der Waals surface area contributed by atoms with E-state index in [-0.39, 0.29) is 0 Å². The standard InChI is InChI=1S/C11H14ClF3N2/c1-17(8-11(13,14)15)7-6-16-10-5-3-2-4-9(10)12/h2-5,16H,6-8H2,1H3. The van der Waals surface area contributed by atoms with Crippen LogP contribution in [0.25, 0.3) is 0 Å². The lowest BCUT2D eigenvalue weighted by atomic mass is 10.3. The molecule has 0 unspecified atom stereocenters. The van der Waals surface area contributed by atoms with Gasteiger partial charge in [-0.2, -0.15) is 13.2 Å². The summed E-state index contributed by atoms with van der Waals surface area (Å²) in [5.74, 6) is 0. The lowest BCUT2D eigenvalue weighted by Gasteiger charge is -2.19. The molecule has 1 N–H and O–H groups in total.